The van der Waals surface area contributed by atoms with Gasteiger partial charge in [0.25, 0.3) is 0 Å². The SMILES string of the molecule is COc1c(C)cc(Cl)cc1C(CC#N)N(C)C. The van der Waals surface area contributed by atoms with Gasteiger partial charge in [0.15, 0.2) is 0 Å². The maximum absolute atomic E-state index is 8.90. The molecule has 0 saturated carbocycles. The molecule has 0 aliphatic heterocycles. The summed E-state index contributed by atoms with van der Waals surface area (Å²) >= 11 is 6.07. The zero-order valence-corrected chi connectivity index (χ0v) is 11.4. The molecule has 0 N–H and O–H groups in total. The third-order valence-electron chi connectivity index (χ3n) is 2.74. The molecule has 0 aromatic heterocycles. The summed E-state index contributed by atoms with van der Waals surface area (Å²) in [7, 11) is 5.52. The summed E-state index contributed by atoms with van der Waals surface area (Å²) in [6.45, 7) is 1.95. The van der Waals surface area contributed by atoms with Gasteiger partial charge in [0.05, 0.1) is 25.6 Å². The minimum absolute atomic E-state index is 0.00708. The summed E-state index contributed by atoms with van der Waals surface area (Å²) in [5.74, 6) is 0.809. The number of aryl methyl sites for hydroxylation is 1. The molecule has 1 rings (SSSR count). The van der Waals surface area contributed by atoms with E-state index >= 15 is 0 Å². The maximum Gasteiger partial charge on any atom is 0.126 e. The lowest BCUT2D eigenvalue weighted by atomic mass is 9.99. The van der Waals surface area contributed by atoms with Gasteiger partial charge in [-0.05, 0) is 38.7 Å². The predicted octanol–water partition coefficient (Wildman–Crippen LogP) is 3.17. The summed E-state index contributed by atoms with van der Waals surface area (Å²) in [6, 6.07) is 5.92. The van der Waals surface area contributed by atoms with E-state index in [-0.39, 0.29) is 6.04 Å². The van der Waals surface area contributed by atoms with Crippen molar-refractivity contribution in [1.82, 2.24) is 4.90 Å². The number of rotatable bonds is 4. The van der Waals surface area contributed by atoms with Crippen LogP contribution in [-0.4, -0.2) is 26.1 Å². The van der Waals surface area contributed by atoms with Crippen LogP contribution >= 0.6 is 11.6 Å². The molecular weight excluding hydrogens is 236 g/mol. The Morgan fingerprint density at radius 1 is 1.47 bits per heavy atom. The Morgan fingerprint density at radius 3 is 2.59 bits per heavy atom. The fraction of sp³-hybridized carbons (Fsp3) is 0.462. The second-order valence-electron chi connectivity index (χ2n) is 4.19. The van der Waals surface area contributed by atoms with Crippen LogP contribution in [0.2, 0.25) is 5.02 Å². The summed E-state index contributed by atoms with van der Waals surface area (Å²) in [4.78, 5) is 2.00. The van der Waals surface area contributed by atoms with Crippen molar-refractivity contribution < 1.29 is 4.74 Å². The first-order valence-corrected chi connectivity index (χ1v) is 5.76. The molecule has 3 nitrogen and oxygen atoms in total. The Hall–Kier alpha value is -1.24. The van der Waals surface area contributed by atoms with Crippen molar-refractivity contribution in [2.75, 3.05) is 21.2 Å². The van der Waals surface area contributed by atoms with E-state index in [1.807, 2.05) is 38.1 Å². The second kappa shape index (κ2) is 5.90. The van der Waals surface area contributed by atoms with Crippen LogP contribution in [0.3, 0.4) is 0 Å². The first-order valence-electron chi connectivity index (χ1n) is 5.38. The molecule has 1 unspecified atom stereocenters. The lowest BCUT2D eigenvalue weighted by Gasteiger charge is -2.25. The zero-order chi connectivity index (χ0) is 13.0. The molecule has 0 amide bonds. The summed E-state index contributed by atoms with van der Waals surface area (Å²) < 4.78 is 5.41. The van der Waals surface area contributed by atoms with Crippen molar-refractivity contribution in [3.05, 3.63) is 28.3 Å². The van der Waals surface area contributed by atoms with Crippen molar-refractivity contribution in [2.24, 2.45) is 0 Å². The number of nitriles is 1. The van der Waals surface area contributed by atoms with E-state index in [2.05, 4.69) is 6.07 Å². The first kappa shape index (κ1) is 13.8. The molecular formula is C13H17ClN2O. The highest BCUT2D eigenvalue weighted by Gasteiger charge is 2.20. The van der Waals surface area contributed by atoms with Gasteiger partial charge in [0.1, 0.15) is 5.75 Å². The lowest BCUT2D eigenvalue weighted by molar-refractivity contribution is 0.292. The quantitative estimate of drug-likeness (QED) is 0.826. The minimum Gasteiger partial charge on any atom is -0.496 e. The van der Waals surface area contributed by atoms with Gasteiger partial charge in [-0.3, -0.25) is 0 Å². The summed E-state index contributed by atoms with van der Waals surface area (Å²) in [5, 5.41) is 9.57. The third-order valence-corrected chi connectivity index (χ3v) is 2.96. The van der Waals surface area contributed by atoms with Crippen molar-refractivity contribution >= 4 is 11.6 Å². The van der Waals surface area contributed by atoms with E-state index in [9.17, 15) is 0 Å². The van der Waals surface area contributed by atoms with Crippen molar-refractivity contribution in [1.29, 1.82) is 5.26 Å². The molecule has 0 bridgehead atoms. The van der Waals surface area contributed by atoms with E-state index in [1.54, 1.807) is 7.11 Å². The zero-order valence-electron chi connectivity index (χ0n) is 10.6. The molecule has 0 saturated heterocycles. The van der Waals surface area contributed by atoms with Crippen LogP contribution in [0.15, 0.2) is 12.1 Å². The number of hydrogen-bond acceptors (Lipinski definition) is 3. The standard InChI is InChI=1S/C13H17ClN2O/c1-9-7-10(14)8-11(13(9)17-4)12(5-6-15)16(2)3/h7-8,12H,5H2,1-4H3. The van der Waals surface area contributed by atoms with Gasteiger partial charge in [-0.1, -0.05) is 11.6 Å². The highest BCUT2D eigenvalue weighted by atomic mass is 35.5. The van der Waals surface area contributed by atoms with Gasteiger partial charge in [0.2, 0.25) is 0 Å². The highest BCUT2D eigenvalue weighted by molar-refractivity contribution is 6.30. The topological polar surface area (TPSA) is 36.3 Å². The molecule has 17 heavy (non-hydrogen) atoms. The number of methoxy groups -OCH3 is 1. The van der Waals surface area contributed by atoms with Crippen molar-refractivity contribution in [3.63, 3.8) is 0 Å². The minimum atomic E-state index is -0.00708. The van der Waals surface area contributed by atoms with Gasteiger partial charge in [-0.15, -0.1) is 0 Å². The van der Waals surface area contributed by atoms with Crippen LogP contribution in [0.25, 0.3) is 0 Å². The Labute approximate surface area is 108 Å². The number of hydrogen-bond donors (Lipinski definition) is 0. The Morgan fingerprint density at radius 2 is 2.12 bits per heavy atom. The van der Waals surface area contributed by atoms with Crippen LogP contribution in [0.1, 0.15) is 23.6 Å². The number of ether oxygens (including phenoxy) is 1. The molecule has 1 atom stereocenters. The predicted molar refractivity (Wildman–Crippen MR) is 69.4 cm³/mol. The fourth-order valence-corrected chi connectivity index (χ4v) is 2.22. The molecule has 0 radical (unpaired) electrons. The van der Waals surface area contributed by atoms with Gasteiger partial charge in [-0.2, -0.15) is 5.26 Å². The van der Waals surface area contributed by atoms with Gasteiger partial charge in [-0.25, -0.2) is 0 Å². The normalized spacial score (nSPS) is 12.3. The largest absolute Gasteiger partial charge is 0.496 e. The molecule has 1 aromatic carbocycles. The smallest absolute Gasteiger partial charge is 0.126 e. The van der Waals surface area contributed by atoms with Crippen LogP contribution in [0, 0.1) is 18.3 Å². The second-order valence-corrected chi connectivity index (χ2v) is 4.62. The van der Waals surface area contributed by atoms with E-state index in [1.165, 1.54) is 0 Å². The van der Waals surface area contributed by atoms with Crippen molar-refractivity contribution in [2.45, 2.75) is 19.4 Å². The number of nitrogens with zero attached hydrogens (tertiary/aromatic N) is 2. The molecule has 0 aliphatic rings. The summed E-state index contributed by atoms with van der Waals surface area (Å²) in [5.41, 5.74) is 1.95. The van der Waals surface area contributed by atoms with Crippen LogP contribution in [-0.2, 0) is 0 Å². The van der Waals surface area contributed by atoms with Gasteiger partial charge < -0.3 is 9.64 Å². The monoisotopic (exact) mass is 252 g/mol. The fourth-order valence-electron chi connectivity index (χ4n) is 1.94. The molecule has 92 valence electrons. The molecule has 0 spiro atoms. The molecule has 1 aromatic rings. The third kappa shape index (κ3) is 3.12. The van der Waals surface area contributed by atoms with Gasteiger partial charge >= 0.3 is 0 Å². The van der Waals surface area contributed by atoms with E-state index in [4.69, 9.17) is 21.6 Å². The Kier molecular flexibility index (Phi) is 4.80. The maximum atomic E-state index is 8.90. The number of benzene rings is 1. The molecule has 0 fully saturated rings. The highest BCUT2D eigenvalue weighted by Crippen LogP contribution is 2.35. The Bertz CT molecular complexity index is 438. The molecule has 0 aliphatic carbocycles. The van der Waals surface area contributed by atoms with Crippen LogP contribution in [0.5, 0.6) is 5.75 Å². The average Bonchev–Trinajstić information content (AvgIpc) is 2.24. The van der Waals surface area contributed by atoms with Crippen molar-refractivity contribution in [3.8, 4) is 11.8 Å². The molecule has 0 heterocycles. The Balaban J connectivity index is 3.31. The van der Waals surface area contributed by atoms with Gasteiger partial charge in [0, 0.05) is 10.6 Å². The number of halogens is 1. The average molecular weight is 253 g/mol. The molecule has 4 heteroatoms. The van der Waals surface area contributed by atoms with E-state index < -0.39 is 0 Å². The lowest BCUT2D eigenvalue weighted by Crippen LogP contribution is -2.20. The first-order chi connectivity index (χ1) is 8.01. The van der Waals surface area contributed by atoms with E-state index in [0.717, 1.165) is 16.9 Å². The van der Waals surface area contributed by atoms with Crippen LogP contribution in [0.4, 0.5) is 0 Å². The van der Waals surface area contributed by atoms with E-state index in [0.29, 0.717) is 11.4 Å². The van der Waals surface area contributed by atoms with Crippen LogP contribution < -0.4 is 4.74 Å². The summed E-state index contributed by atoms with van der Waals surface area (Å²) in [6.07, 6.45) is 0.406.